The van der Waals surface area contributed by atoms with E-state index in [1.54, 1.807) is 6.07 Å². The van der Waals surface area contributed by atoms with Crippen molar-refractivity contribution in [2.45, 2.75) is 32.6 Å². The normalized spacial score (nSPS) is 20.0. The fourth-order valence-electron chi connectivity index (χ4n) is 3.45. The lowest BCUT2D eigenvalue weighted by molar-refractivity contribution is -0.0707. The molecule has 2 unspecified atom stereocenters. The number of halogens is 1. The third kappa shape index (κ3) is 5.11. The molecule has 1 aromatic carbocycles. The molecule has 2 atom stereocenters. The van der Waals surface area contributed by atoms with E-state index >= 15 is 0 Å². The minimum absolute atomic E-state index is 0.219. The third-order valence-corrected chi connectivity index (χ3v) is 5.95. The van der Waals surface area contributed by atoms with Gasteiger partial charge in [0.2, 0.25) is 0 Å². The van der Waals surface area contributed by atoms with E-state index in [0.29, 0.717) is 10.8 Å². The SMILES string of the molecule is CC1CN(Cc2csc(NC(=O)c3cc(-c4ccc(Br)cc4)n[nH]3)n2)CC(C)O1. The Balaban J connectivity index is 1.37. The van der Waals surface area contributed by atoms with E-state index in [0.717, 1.165) is 41.1 Å². The number of rotatable bonds is 5. The van der Waals surface area contributed by atoms with Gasteiger partial charge in [0.1, 0.15) is 5.69 Å². The Labute approximate surface area is 181 Å². The molecule has 1 saturated heterocycles. The Morgan fingerprint density at radius 1 is 1.31 bits per heavy atom. The van der Waals surface area contributed by atoms with Gasteiger partial charge < -0.3 is 4.74 Å². The lowest BCUT2D eigenvalue weighted by Gasteiger charge is -2.34. The van der Waals surface area contributed by atoms with E-state index < -0.39 is 0 Å². The van der Waals surface area contributed by atoms with Crippen LogP contribution in [0.3, 0.4) is 0 Å². The van der Waals surface area contributed by atoms with Crippen LogP contribution in [-0.4, -0.2) is 51.3 Å². The second kappa shape index (κ2) is 8.74. The Morgan fingerprint density at radius 3 is 2.76 bits per heavy atom. The molecule has 152 valence electrons. The van der Waals surface area contributed by atoms with Crippen molar-refractivity contribution in [2.75, 3.05) is 18.4 Å². The molecule has 2 aromatic heterocycles. The summed E-state index contributed by atoms with van der Waals surface area (Å²) in [6.07, 6.45) is 0.439. The van der Waals surface area contributed by atoms with Crippen LogP contribution in [0.1, 0.15) is 30.0 Å². The molecule has 0 aliphatic carbocycles. The zero-order chi connectivity index (χ0) is 20.4. The van der Waals surface area contributed by atoms with Crippen LogP contribution < -0.4 is 5.32 Å². The number of nitrogens with one attached hydrogen (secondary N) is 2. The second-order valence-electron chi connectivity index (χ2n) is 7.22. The van der Waals surface area contributed by atoms with Crippen LogP contribution in [0.5, 0.6) is 0 Å². The van der Waals surface area contributed by atoms with Crippen molar-refractivity contribution in [2.24, 2.45) is 0 Å². The van der Waals surface area contributed by atoms with Gasteiger partial charge in [-0.1, -0.05) is 28.1 Å². The first-order valence-corrected chi connectivity index (χ1v) is 11.1. The molecule has 4 rings (SSSR count). The maximum atomic E-state index is 12.5. The predicted octanol–water partition coefficient (Wildman–Crippen LogP) is 4.16. The Bertz CT molecular complexity index is 977. The van der Waals surface area contributed by atoms with Gasteiger partial charge in [0, 0.05) is 35.1 Å². The number of hydrogen-bond donors (Lipinski definition) is 2. The maximum absolute atomic E-state index is 12.5. The van der Waals surface area contributed by atoms with Crippen LogP contribution >= 0.6 is 27.3 Å². The van der Waals surface area contributed by atoms with Crippen LogP contribution in [0.25, 0.3) is 11.3 Å². The van der Waals surface area contributed by atoms with E-state index in [1.165, 1.54) is 11.3 Å². The molecule has 9 heteroatoms. The number of H-pyrrole nitrogens is 1. The molecule has 2 N–H and O–H groups in total. The molecule has 1 fully saturated rings. The molecule has 1 amide bonds. The maximum Gasteiger partial charge on any atom is 0.275 e. The van der Waals surface area contributed by atoms with Crippen molar-refractivity contribution in [1.29, 1.82) is 0 Å². The summed E-state index contributed by atoms with van der Waals surface area (Å²) in [5, 5.41) is 12.5. The van der Waals surface area contributed by atoms with Crippen LogP contribution in [0.15, 0.2) is 40.2 Å². The van der Waals surface area contributed by atoms with Gasteiger partial charge in [-0.25, -0.2) is 4.98 Å². The van der Waals surface area contributed by atoms with Crippen LogP contribution in [-0.2, 0) is 11.3 Å². The van der Waals surface area contributed by atoms with Crippen molar-refractivity contribution < 1.29 is 9.53 Å². The second-order valence-corrected chi connectivity index (χ2v) is 9.00. The van der Waals surface area contributed by atoms with Crippen LogP contribution in [0, 0.1) is 0 Å². The van der Waals surface area contributed by atoms with Crippen molar-refractivity contribution in [3.05, 3.63) is 51.6 Å². The number of aromatic amines is 1. The number of amides is 1. The molecule has 1 aliphatic rings. The van der Waals surface area contributed by atoms with Gasteiger partial charge in [-0.3, -0.25) is 20.1 Å². The summed E-state index contributed by atoms with van der Waals surface area (Å²) in [7, 11) is 0. The van der Waals surface area contributed by atoms with E-state index in [1.807, 2.05) is 29.6 Å². The van der Waals surface area contributed by atoms with Crippen molar-refractivity contribution in [3.63, 3.8) is 0 Å². The number of carbonyl (C=O) groups is 1. The molecule has 3 aromatic rings. The average Bonchev–Trinajstić information content (AvgIpc) is 3.31. The summed E-state index contributed by atoms with van der Waals surface area (Å²) in [6.45, 7) is 6.69. The summed E-state index contributed by atoms with van der Waals surface area (Å²) in [5.74, 6) is -0.254. The summed E-state index contributed by atoms with van der Waals surface area (Å²) >= 11 is 4.84. The highest BCUT2D eigenvalue weighted by atomic mass is 79.9. The smallest absolute Gasteiger partial charge is 0.275 e. The minimum Gasteiger partial charge on any atom is -0.373 e. The summed E-state index contributed by atoms with van der Waals surface area (Å²) in [6, 6.07) is 9.52. The van der Waals surface area contributed by atoms with Gasteiger partial charge >= 0.3 is 0 Å². The number of morpholine rings is 1. The molecule has 0 radical (unpaired) electrons. The van der Waals surface area contributed by atoms with Crippen molar-refractivity contribution >= 4 is 38.3 Å². The van der Waals surface area contributed by atoms with Gasteiger partial charge in [-0.15, -0.1) is 11.3 Å². The number of anilines is 1. The Kier molecular flexibility index (Phi) is 6.09. The number of ether oxygens (including phenoxy) is 1. The zero-order valence-corrected chi connectivity index (χ0v) is 18.6. The van der Waals surface area contributed by atoms with Crippen molar-refractivity contribution in [3.8, 4) is 11.3 Å². The number of nitrogens with zero attached hydrogens (tertiary/aromatic N) is 3. The van der Waals surface area contributed by atoms with Gasteiger partial charge in [0.25, 0.3) is 5.91 Å². The molecular weight excluding hydrogens is 454 g/mol. The molecule has 7 nitrogen and oxygen atoms in total. The van der Waals surface area contributed by atoms with Gasteiger partial charge in [-0.2, -0.15) is 5.10 Å². The molecule has 0 spiro atoms. The summed E-state index contributed by atoms with van der Waals surface area (Å²) < 4.78 is 6.77. The van der Waals surface area contributed by atoms with Crippen LogP contribution in [0.2, 0.25) is 0 Å². The number of carbonyl (C=O) groups excluding carboxylic acids is 1. The molecule has 29 heavy (non-hydrogen) atoms. The zero-order valence-electron chi connectivity index (χ0n) is 16.2. The first-order valence-electron chi connectivity index (χ1n) is 9.41. The van der Waals surface area contributed by atoms with Crippen molar-refractivity contribution in [1.82, 2.24) is 20.1 Å². The van der Waals surface area contributed by atoms with Gasteiger partial charge in [0.15, 0.2) is 5.13 Å². The minimum atomic E-state index is -0.254. The van der Waals surface area contributed by atoms with E-state index in [2.05, 4.69) is 55.2 Å². The van der Waals surface area contributed by atoms with E-state index in [9.17, 15) is 4.79 Å². The topological polar surface area (TPSA) is 83.1 Å². The highest BCUT2D eigenvalue weighted by Gasteiger charge is 2.23. The largest absolute Gasteiger partial charge is 0.373 e. The molecule has 0 saturated carbocycles. The van der Waals surface area contributed by atoms with Crippen LogP contribution in [0.4, 0.5) is 5.13 Å². The third-order valence-electron chi connectivity index (χ3n) is 4.62. The van der Waals surface area contributed by atoms with Gasteiger partial charge in [-0.05, 0) is 32.0 Å². The average molecular weight is 476 g/mol. The van der Waals surface area contributed by atoms with E-state index in [4.69, 9.17) is 4.74 Å². The first-order chi connectivity index (χ1) is 14.0. The molecular formula is C20H22BrN5O2S. The molecule has 3 heterocycles. The standard InChI is InChI=1S/C20H22BrN5O2S/c1-12-8-26(9-13(2)28-12)10-16-11-29-20(22-16)23-19(27)18-7-17(24-25-18)14-3-5-15(21)6-4-14/h3-7,11-13H,8-10H2,1-2H3,(H,24,25)(H,22,23,27). The highest BCUT2D eigenvalue weighted by molar-refractivity contribution is 9.10. The molecule has 1 aliphatic heterocycles. The predicted molar refractivity (Wildman–Crippen MR) is 117 cm³/mol. The Morgan fingerprint density at radius 2 is 2.03 bits per heavy atom. The number of thiazole rings is 1. The fraction of sp³-hybridized carbons (Fsp3) is 0.350. The number of aromatic nitrogens is 3. The lowest BCUT2D eigenvalue weighted by Crippen LogP contribution is -2.44. The van der Waals surface area contributed by atoms with E-state index in [-0.39, 0.29) is 18.1 Å². The highest BCUT2D eigenvalue weighted by Crippen LogP contribution is 2.22. The number of hydrogen-bond acceptors (Lipinski definition) is 6. The van der Waals surface area contributed by atoms with Gasteiger partial charge in [0.05, 0.1) is 23.6 Å². The number of benzene rings is 1. The molecule has 0 bridgehead atoms. The summed E-state index contributed by atoms with van der Waals surface area (Å²) in [5.41, 5.74) is 3.01. The lowest BCUT2D eigenvalue weighted by atomic mass is 10.1. The summed E-state index contributed by atoms with van der Waals surface area (Å²) in [4.78, 5) is 19.4. The fourth-order valence-corrected chi connectivity index (χ4v) is 4.41. The quantitative estimate of drug-likeness (QED) is 0.578. The first kappa shape index (κ1) is 20.2. The Hall–Kier alpha value is -2.07. The monoisotopic (exact) mass is 475 g/mol.